The van der Waals surface area contributed by atoms with Gasteiger partial charge < -0.3 is 15.0 Å². The Morgan fingerprint density at radius 3 is 2.48 bits per heavy atom. The Kier molecular flexibility index (Phi) is 6.37. The number of nitrogens with one attached hydrogen (secondary N) is 1. The number of nitro benzene ring substituents is 1. The van der Waals surface area contributed by atoms with Gasteiger partial charge in [0.05, 0.1) is 23.0 Å². The molecule has 27 heavy (non-hydrogen) atoms. The molecule has 9 nitrogen and oxygen atoms in total. The molecule has 0 amide bonds. The van der Waals surface area contributed by atoms with Crippen LogP contribution in [-0.2, 0) is 10.0 Å². The van der Waals surface area contributed by atoms with Crippen molar-refractivity contribution in [2.75, 3.05) is 33.1 Å². The molecule has 0 aliphatic rings. The van der Waals surface area contributed by atoms with Crippen LogP contribution in [0.15, 0.2) is 47.4 Å². The fourth-order valence-electron chi connectivity index (χ4n) is 2.71. The third-order valence-electron chi connectivity index (χ3n) is 4.10. The SMILES string of the molecule is COc1ccccc1[C@@H](CNc1ccc(S(N)(=O)=O)cc1[N+](=O)[O-])N(C)C. The van der Waals surface area contributed by atoms with Crippen LogP contribution < -0.4 is 15.2 Å². The number of primary sulfonamides is 1. The number of ether oxygens (including phenoxy) is 1. The van der Waals surface area contributed by atoms with E-state index in [4.69, 9.17) is 9.88 Å². The number of anilines is 1. The van der Waals surface area contributed by atoms with Crippen LogP contribution in [-0.4, -0.2) is 46.0 Å². The molecule has 1 atom stereocenters. The molecule has 0 heterocycles. The quantitative estimate of drug-likeness (QED) is 0.517. The van der Waals surface area contributed by atoms with Crippen molar-refractivity contribution < 1.29 is 18.1 Å². The highest BCUT2D eigenvalue weighted by molar-refractivity contribution is 7.89. The molecule has 2 rings (SSSR count). The number of nitro groups is 1. The number of benzene rings is 2. The van der Waals surface area contributed by atoms with Crippen LogP contribution in [0, 0.1) is 10.1 Å². The topological polar surface area (TPSA) is 128 Å². The van der Waals surface area contributed by atoms with Gasteiger partial charge in [-0.2, -0.15) is 0 Å². The van der Waals surface area contributed by atoms with E-state index in [0.717, 1.165) is 11.6 Å². The Labute approximate surface area is 157 Å². The summed E-state index contributed by atoms with van der Waals surface area (Å²) < 4.78 is 28.3. The van der Waals surface area contributed by atoms with Crippen molar-refractivity contribution >= 4 is 21.4 Å². The minimum absolute atomic E-state index is 0.140. The number of rotatable bonds is 8. The summed E-state index contributed by atoms with van der Waals surface area (Å²) in [5, 5.41) is 19.4. The number of hydrogen-bond acceptors (Lipinski definition) is 7. The lowest BCUT2D eigenvalue weighted by molar-refractivity contribution is -0.384. The molecule has 3 N–H and O–H groups in total. The summed E-state index contributed by atoms with van der Waals surface area (Å²) in [6, 6.07) is 10.9. The van der Waals surface area contributed by atoms with Crippen LogP contribution in [0.1, 0.15) is 11.6 Å². The van der Waals surface area contributed by atoms with Crippen molar-refractivity contribution in [3.05, 3.63) is 58.1 Å². The normalized spacial score (nSPS) is 12.6. The highest BCUT2D eigenvalue weighted by Gasteiger charge is 2.22. The summed E-state index contributed by atoms with van der Waals surface area (Å²) in [7, 11) is 1.32. The summed E-state index contributed by atoms with van der Waals surface area (Å²) in [6.45, 7) is 0.336. The second-order valence-corrected chi connectivity index (χ2v) is 7.64. The first kappa shape index (κ1) is 20.6. The maximum atomic E-state index is 11.4. The van der Waals surface area contributed by atoms with Crippen LogP contribution in [0.5, 0.6) is 5.75 Å². The average Bonchev–Trinajstić information content (AvgIpc) is 2.61. The lowest BCUT2D eigenvalue weighted by Crippen LogP contribution is -2.27. The van der Waals surface area contributed by atoms with Crippen LogP contribution in [0.25, 0.3) is 0 Å². The summed E-state index contributed by atoms with van der Waals surface area (Å²) in [4.78, 5) is 12.3. The fraction of sp³-hybridized carbons (Fsp3) is 0.294. The van der Waals surface area contributed by atoms with Crippen molar-refractivity contribution in [3.8, 4) is 5.75 Å². The summed E-state index contributed by atoms with van der Waals surface area (Å²) >= 11 is 0. The largest absolute Gasteiger partial charge is 0.496 e. The van der Waals surface area contributed by atoms with Crippen LogP contribution in [0.3, 0.4) is 0 Å². The molecule has 0 aliphatic heterocycles. The predicted molar refractivity (Wildman–Crippen MR) is 102 cm³/mol. The van der Waals surface area contributed by atoms with Crippen molar-refractivity contribution in [1.29, 1.82) is 0 Å². The Morgan fingerprint density at radius 2 is 1.93 bits per heavy atom. The van der Waals surface area contributed by atoms with Gasteiger partial charge in [0, 0.05) is 18.2 Å². The monoisotopic (exact) mass is 394 g/mol. The minimum Gasteiger partial charge on any atom is -0.496 e. The Bertz CT molecular complexity index is 931. The van der Waals surface area contributed by atoms with E-state index in [9.17, 15) is 18.5 Å². The van der Waals surface area contributed by atoms with E-state index in [2.05, 4.69) is 5.32 Å². The summed E-state index contributed by atoms with van der Waals surface area (Å²) in [6.07, 6.45) is 0. The van der Waals surface area contributed by atoms with Gasteiger partial charge in [-0.15, -0.1) is 0 Å². The van der Waals surface area contributed by atoms with Crippen molar-refractivity contribution in [2.45, 2.75) is 10.9 Å². The Balaban J connectivity index is 2.34. The van der Waals surface area contributed by atoms with E-state index in [0.29, 0.717) is 12.3 Å². The van der Waals surface area contributed by atoms with E-state index in [-0.39, 0.29) is 22.3 Å². The molecule has 0 bridgehead atoms. The summed E-state index contributed by atoms with van der Waals surface area (Å²) in [5.74, 6) is 0.706. The van der Waals surface area contributed by atoms with Crippen LogP contribution in [0.2, 0.25) is 0 Å². The molecular weight excluding hydrogens is 372 g/mol. The van der Waals surface area contributed by atoms with E-state index in [1.807, 2.05) is 43.3 Å². The highest BCUT2D eigenvalue weighted by atomic mass is 32.2. The molecular formula is C17H22N4O5S. The van der Waals surface area contributed by atoms with Crippen molar-refractivity contribution in [2.24, 2.45) is 5.14 Å². The lowest BCUT2D eigenvalue weighted by Gasteiger charge is -2.27. The maximum Gasteiger partial charge on any atom is 0.293 e. The zero-order valence-corrected chi connectivity index (χ0v) is 16.1. The molecule has 0 fully saturated rings. The van der Waals surface area contributed by atoms with Crippen molar-refractivity contribution in [3.63, 3.8) is 0 Å². The average molecular weight is 394 g/mol. The number of methoxy groups -OCH3 is 1. The third kappa shape index (κ3) is 4.94. The van der Waals surface area contributed by atoms with E-state index in [1.165, 1.54) is 12.1 Å². The summed E-state index contributed by atoms with van der Waals surface area (Å²) in [5.41, 5.74) is 0.759. The molecule has 2 aromatic rings. The van der Waals surface area contributed by atoms with Gasteiger partial charge in [0.25, 0.3) is 5.69 Å². The smallest absolute Gasteiger partial charge is 0.293 e. The van der Waals surface area contributed by atoms with Crippen LogP contribution in [0.4, 0.5) is 11.4 Å². The number of para-hydroxylation sites is 1. The van der Waals surface area contributed by atoms with Gasteiger partial charge in [-0.1, -0.05) is 18.2 Å². The fourth-order valence-corrected chi connectivity index (χ4v) is 3.24. The van der Waals surface area contributed by atoms with E-state index < -0.39 is 14.9 Å². The van der Waals surface area contributed by atoms with E-state index >= 15 is 0 Å². The lowest BCUT2D eigenvalue weighted by atomic mass is 10.0. The zero-order chi connectivity index (χ0) is 20.2. The molecule has 146 valence electrons. The molecule has 0 saturated heterocycles. The molecule has 0 unspecified atom stereocenters. The number of hydrogen-bond donors (Lipinski definition) is 2. The molecule has 0 radical (unpaired) electrons. The standard InChI is InChI=1S/C17H22N4O5S/c1-20(2)16(13-6-4-5-7-17(13)26-3)11-19-14-9-8-12(27(18,24)25)10-15(14)21(22)23/h4-10,16,19H,11H2,1-3H3,(H2,18,24,25)/t16-/m1/s1. The third-order valence-corrected chi connectivity index (χ3v) is 5.01. The molecule has 0 aliphatic carbocycles. The van der Waals surface area contributed by atoms with Gasteiger partial charge in [0.1, 0.15) is 11.4 Å². The van der Waals surface area contributed by atoms with Gasteiger partial charge in [-0.05, 0) is 32.3 Å². The molecule has 0 aromatic heterocycles. The van der Waals surface area contributed by atoms with Crippen LogP contribution >= 0.6 is 0 Å². The molecule has 2 aromatic carbocycles. The Hall–Kier alpha value is -2.69. The van der Waals surface area contributed by atoms with Gasteiger partial charge in [0.2, 0.25) is 10.0 Å². The van der Waals surface area contributed by atoms with Gasteiger partial charge in [0.15, 0.2) is 0 Å². The minimum atomic E-state index is -4.03. The number of likely N-dealkylation sites (N-methyl/N-ethyl adjacent to an activating group) is 1. The first-order valence-electron chi connectivity index (χ1n) is 7.99. The first-order chi connectivity index (χ1) is 12.6. The number of nitrogens with two attached hydrogens (primary N) is 1. The molecule has 0 saturated carbocycles. The zero-order valence-electron chi connectivity index (χ0n) is 15.2. The molecule has 0 spiro atoms. The second kappa shape index (κ2) is 8.33. The van der Waals surface area contributed by atoms with Gasteiger partial charge >= 0.3 is 0 Å². The highest BCUT2D eigenvalue weighted by Crippen LogP contribution is 2.31. The number of sulfonamides is 1. The van der Waals surface area contributed by atoms with Gasteiger partial charge in [-0.25, -0.2) is 13.6 Å². The maximum absolute atomic E-state index is 11.4. The number of nitrogens with zero attached hydrogens (tertiary/aromatic N) is 2. The molecule has 10 heteroatoms. The van der Waals surface area contributed by atoms with Gasteiger partial charge in [-0.3, -0.25) is 10.1 Å². The first-order valence-corrected chi connectivity index (χ1v) is 9.54. The van der Waals surface area contributed by atoms with E-state index in [1.54, 1.807) is 7.11 Å². The van der Waals surface area contributed by atoms with Crippen molar-refractivity contribution in [1.82, 2.24) is 4.90 Å². The predicted octanol–water partition coefficient (Wildman–Crippen LogP) is 1.97. The Morgan fingerprint density at radius 1 is 1.26 bits per heavy atom. The second-order valence-electron chi connectivity index (χ2n) is 6.08.